The summed E-state index contributed by atoms with van der Waals surface area (Å²) < 4.78 is 33.3. The molecule has 4 aromatic carbocycles. The number of hydrogen-bond donors (Lipinski definition) is 2. The highest BCUT2D eigenvalue weighted by atomic mass is 35.5. The highest BCUT2D eigenvalue weighted by Crippen LogP contribution is 2.34. The molecule has 10 heteroatoms. The van der Waals surface area contributed by atoms with E-state index in [1.165, 1.54) is 0 Å². The predicted octanol–water partition coefficient (Wildman–Crippen LogP) is 6.66. The zero-order chi connectivity index (χ0) is 27.9. The van der Waals surface area contributed by atoms with E-state index >= 15 is 0 Å². The summed E-state index contributed by atoms with van der Waals surface area (Å²) in [6, 6.07) is 33.5. The van der Waals surface area contributed by atoms with Gasteiger partial charge < -0.3 is 5.32 Å². The van der Waals surface area contributed by atoms with Crippen LogP contribution in [-0.4, -0.2) is 23.4 Å². The Labute approximate surface area is 244 Å². The van der Waals surface area contributed by atoms with Gasteiger partial charge in [0.05, 0.1) is 29.0 Å². The minimum Gasteiger partial charge on any atom is -0.341 e. The van der Waals surface area contributed by atoms with Gasteiger partial charge in [-0.25, -0.2) is 8.51 Å². The van der Waals surface area contributed by atoms with Crippen LogP contribution >= 0.6 is 23.3 Å². The molecule has 0 aliphatic heterocycles. The van der Waals surface area contributed by atoms with Crippen LogP contribution in [0.2, 0.25) is 0 Å². The molecule has 0 fully saturated rings. The van der Waals surface area contributed by atoms with Crippen LogP contribution < -0.4 is 9.62 Å². The first-order valence-electron chi connectivity index (χ1n) is 12.4. The molecule has 0 aliphatic rings. The Balaban J connectivity index is 1.55. The molecule has 0 saturated heterocycles. The maximum atomic E-state index is 13.9. The van der Waals surface area contributed by atoms with Crippen LogP contribution in [0.15, 0.2) is 109 Å². The second kappa shape index (κ2) is 13.0. The van der Waals surface area contributed by atoms with Gasteiger partial charge in [0, 0.05) is 12.3 Å². The molecular formula is C30H25ClN4O3S2. The summed E-state index contributed by atoms with van der Waals surface area (Å²) in [5.41, 5.74) is 4.38. The molecule has 5 aromatic rings. The third kappa shape index (κ3) is 6.29. The second-order valence-corrected chi connectivity index (χ2v) is 10.6. The van der Waals surface area contributed by atoms with Crippen molar-refractivity contribution in [3.63, 3.8) is 0 Å². The lowest BCUT2D eigenvalue weighted by atomic mass is 9.98. The normalized spacial score (nSPS) is 11.8. The summed E-state index contributed by atoms with van der Waals surface area (Å²) in [5, 5.41) is 3.12. The SMILES string of the molecule is O=C(NC(c1ccccc1)c1ccccc1)c1ccc(CCl)cc1N(c1nsnc1Cc1ccccc1)S(=O)O. The summed E-state index contributed by atoms with van der Waals surface area (Å²) in [6.45, 7) is 0. The number of hydrogen-bond acceptors (Lipinski definition) is 5. The summed E-state index contributed by atoms with van der Waals surface area (Å²) in [7, 11) is 0. The average Bonchev–Trinajstić information content (AvgIpc) is 3.44. The van der Waals surface area contributed by atoms with Crippen molar-refractivity contribution in [3.8, 4) is 0 Å². The zero-order valence-electron chi connectivity index (χ0n) is 21.2. The van der Waals surface area contributed by atoms with Crippen molar-refractivity contribution in [1.29, 1.82) is 0 Å². The first kappa shape index (κ1) is 27.7. The molecule has 1 atom stereocenters. The number of benzene rings is 4. The van der Waals surface area contributed by atoms with Gasteiger partial charge in [-0.15, -0.1) is 11.6 Å². The number of nitrogens with zero attached hydrogens (tertiary/aromatic N) is 3. The number of amides is 1. The van der Waals surface area contributed by atoms with Crippen LogP contribution in [0.3, 0.4) is 0 Å². The van der Waals surface area contributed by atoms with Crippen LogP contribution in [-0.2, 0) is 23.6 Å². The highest BCUT2D eigenvalue weighted by molar-refractivity contribution is 7.81. The molecule has 1 unspecified atom stereocenters. The molecule has 40 heavy (non-hydrogen) atoms. The monoisotopic (exact) mass is 588 g/mol. The lowest BCUT2D eigenvalue weighted by molar-refractivity contribution is 0.0943. The number of halogens is 1. The van der Waals surface area contributed by atoms with Crippen molar-refractivity contribution in [3.05, 3.63) is 143 Å². The topological polar surface area (TPSA) is 95.4 Å². The van der Waals surface area contributed by atoms with Crippen molar-refractivity contribution < 1.29 is 13.6 Å². The Kier molecular flexibility index (Phi) is 8.98. The second-order valence-electron chi connectivity index (χ2n) is 8.93. The lowest BCUT2D eigenvalue weighted by Gasteiger charge is -2.24. The highest BCUT2D eigenvalue weighted by Gasteiger charge is 2.28. The van der Waals surface area contributed by atoms with E-state index < -0.39 is 23.2 Å². The molecule has 0 bridgehead atoms. The molecule has 1 heterocycles. The molecule has 0 aliphatic carbocycles. The van der Waals surface area contributed by atoms with E-state index in [4.69, 9.17) is 11.6 Å². The molecule has 0 radical (unpaired) electrons. The van der Waals surface area contributed by atoms with Crippen LogP contribution in [0.1, 0.15) is 44.3 Å². The molecule has 7 nitrogen and oxygen atoms in total. The van der Waals surface area contributed by atoms with Gasteiger partial charge in [0.15, 0.2) is 5.82 Å². The smallest absolute Gasteiger partial charge is 0.268 e. The number of carbonyl (C=O) groups excluding carboxylic acids is 1. The van der Waals surface area contributed by atoms with Gasteiger partial charge in [0.25, 0.3) is 17.2 Å². The summed E-state index contributed by atoms with van der Waals surface area (Å²) >= 11 is 4.52. The van der Waals surface area contributed by atoms with Crippen molar-refractivity contribution >= 4 is 52.0 Å². The van der Waals surface area contributed by atoms with Crippen molar-refractivity contribution in [1.82, 2.24) is 14.1 Å². The van der Waals surface area contributed by atoms with E-state index in [0.29, 0.717) is 17.7 Å². The summed E-state index contributed by atoms with van der Waals surface area (Å²) in [6.07, 6.45) is 0.404. The fourth-order valence-electron chi connectivity index (χ4n) is 4.41. The largest absolute Gasteiger partial charge is 0.341 e. The van der Waals surface area contributed by atoms with Crippen molar-refractivity contribution in [2.24, 2.45) is 0 Å². The quantitative estimate of drug-likeness (QED) is 0.140. The van der Waals surface area contributed by atoms with E-state index in [1.807, 2.05) is 91.0 Å². The van der Waals surface area contributed by atoms with Crippen LogP contribution in [0.25, 0.3) is 0 Å². The van der Waals surface area contributed by atoms with Crippen molar-refractivity contribution in [2.45, 2.75) is 18.3 Å². The Morgan fingerprint density at radius 3 is 2.05 bits per heavy atom. The van der Waals surface area contributed by atoms with E-state index in [1.54, 1.807) is 18.2 Å². The number of carbonyl (C=O) groups is 1. The summed E-state index contributed by atoms with van der Waals surface area (Å²) in [5.74, 6) is -0.0564. The number of nitrogens with one attached hydrogen (secondary N) is 1. The number of rotatable bonds is 10. The Morgan fingerprint density at radius 1 is 0.875 bits per heavy atom. The third-order valence-corrected chi connectivity index (χ3v) is 7.87. The Hall–Kier alpha value is -3.89. The average molecular weight is 589 g/mol. The van der Waals surface area contributed by atoms with Crippen LogP contribution in [0, 0.1) is 0 Å². The lowest BCUT2D eigenvalue weighted by Crippen LogP contribution is -2.31. The molecule has 5 rings (SSSR count). The first-order chi connectivity index (χ1) is 19.5. The van der Waals surface area contributed by atoms with Gasteiger partial charge in [-0.3, -0.25) is 9.35 Å². The fraction of sp³-hybridized carbons (Fsp3) is 0.100. The Morgan fingerprint density at radius 2 is 1.48 bits per heavy atom. The Bertz CT molecular complexity index is 1560. The maximum absolute atomic E-state index is 13.9. The van der Waals surface area contributed by atoms with Gasteiger partial charge in [0.1, 0.15) is 5.69 Å². The molecule has 202 valence electrons. The van der Waals surface area contributed by atoms with Crippen LogP contribution in [0.4, 0.5) is 11.5 Å². The molecule has 0 spiro atoms. The van der Waals surface area contributed by atoms with Crippen LogP contribution in [0.5, 0.6) is 0 Å². The third-order valence-electron chi connectivity index (χ3n) is 6.32. The van der Waals surface area contributed by atoms with E-state index in [0.717, 1.165) is 32.7 Å². The summed E-state index contributed by atoms with van der Waals surface area (Å²) in [4.78, 5) is 13.9. The van der Waals surface area contributed by atoms with Gasteiger partial charge in [-0.1, -0.05) is 97.1 Å². The van der Waals surface area contributed by atoms with E-state index in [9.17, 15) is 13.6 Å². The van der Waals surface area contributed by atoms with Crippen molar-refractivity contribution in [2.75, 3.05) is 4.31 Å². The van der Waals surface area contributed by atoms with Gasteiger partial charge >= 0.3 is 0 Å². The molecule has 0 saturated carbocycles. The van der Waals surface area contributed by atoms with Gasteiger partial charge in [-0.05, 0) is 34.4 Å². The molecular weight excluding hydrogens is 564 g/mol. The maximum Gasteiger partial charge on any atom is 0.268 e. The molecule has 1 aromatic heterocycles. The molecule has 1 amide bonds. The number of anilines is 2. The van der Waals surface area contributed by atoms with Gasteiger partial charge in [-0.2, -0.15) is 8.75 Å². The zero-order valence-corrected chi connectivity index (χ0v) is 23.6. The predicted molar refractivity (Wildman–Crippen MR) is 160 cm³/mol. The first-order valence-corrected chi connectivity index (χ1v) is 14.7. The standard InChI is InChI=1S/C30H25ClN4O3S2/c31-20-22-16-17-25(30(36)32-28(23-12-6-2-7-13-23)24-14-8-3-9-15-24)27(19-22)35(40(37)38)29-26(33-39-34-29)18-21-10-4-1-5-11-21/h1-17,19,28H,18,20H2,(H,32,36)(H,37,38). The fourth-order valence-corrected chi connectivity index (χ4v) is 5.79. The minimum absolute atomic E-state index is 0.156. The van der Waals surface area contributed by atoms with E-state index in [-0.39, 0.29) is 22.9 Å². The number of alkyl halides is 1. The van der Waals surface area contributed by atoms with E-state index in [2.05, 4.69) is 14.1 Å². The van der Waals surface area contributed by atoms with Gasteiger partial charge in [0.2, 0.25) is 0 Å². The minimum atomic E-state index is -2.56. The number of aromatic nitrogens is 2. The molecule has 2 N–H and O–H groups in total.